The zero-order valence-electron chi connectivity index (χ0n) is 24.8. The van der Waals surface area contributed by atoms with Gasteiger partial charge in [-0.15, -0.1) is 0 Å². The zero-order valence-corrected chi connectivity index (χ0v) is 25.7. The number of rotatable bonds is 14. The molecular weight excluding hydrogens is 557 g/mol. The molecule has 3 rings (SSSR count). The molecular formula is C32H40FN3O5S. The van der Waals surface area contributed by atoms with Gasteiger partial charge in [0.05, 0.1) is 17.2 Å². The van der Waals surface area contributed by atoms with Crippen molar-refractivity contribution in [2.45, 2.75) is 71.0 Å². The number of halogens is 1. The molecule has 0 aromatic heterocycles. The molecule has 0 aliphatic rings. The Hall–Kier alpha value is -3.92. The summed E-state index contributed by atoms with van der Waals surface area (Å²) in [6.07, 6.45) is 1.00. The summed E-state index contributed by atoms with van der Waals surface area (Å²) >= 11 is 0. The molecule has 0 radical (unpaired) electrons. The van der Waals surface area contributed by atoms with Gasteiger partial charge < -0.3 is 15.0 Å². The summed E-state index contributed by atoms with van der Waals surface area (Å²) in [5, 5.41) is 2.94. The summed E-state index contributed by atoms with van der Waals surface area (Å²) in [7, 11) is -4.20. The molecule has 0 aliphatic carbocycles. The first-order chi connectivity index (χ1) is 20.0. The number of aryl methyl sites for hydroxylation is 1. The molecule has 0 spiro atoms. The fraction of sp³-hybridized carbons (Fsp3) is 0.375. The number of amides is 2. The van der Waals surface area contributed by atoms with Crippen LogP contribution in [0.15, 0.2) is 77.7 Å². The van der Waals surface area contributed by atoms with Crippen LogP contribution in [0.2, 0.25) is 0 Å². The largest absolute Gasteiger partial charge is 0.494 e. The summed E-state index contributed by atoms with van der Waals surface area (Å²) in [5.41, 5.74) is 1.84. The molecule has 1 N–H and O–H groups in total. The minimum Gasteiger partial charge on any atom is -0.494 e. The molecule has 2 atom stereocenters. The van der Waals surface area contributed by atoms with E-state index in [1.807, 2.05) is 27.7 Å². The average Bonchev–Trinajstić information content (AvgIpc) is 2.97. The SMILES string of the molecule is CCOc1ccc(S(=O)(=O)N(CC(=O)N(Cc2ccc(F)cc2)[C@H](CC)C(=O)N[C@H](C)CC)c2ccc(C)cc2)cc1. The lowest BCUT2D eigenvalue weighted by Gasteiger charge is -2.33. The third-order valence-corrected chi connectivity index (χ3v) is 8.76. The van der Waals surface area contributed by atoms with Gasteiger partial charge in [-0.2, -0.15) is 0 Å². The maximum absolute atomic E-state index is 14.1. The number of benzene rings is 3. The molecule has 3 aromatic rings. The number of carbonyl (C=O) groups is 2. The number of nitrogens with one attached hydrogen (secondary N) is 1. The van der Waals surface area contributed by atoms with Crippen LogP contribution in [0.25, 0.3) is 0 Å². The Labute approximate surface area is 248 Å². The Morgan fingerprint density at radius 2 is 1.52 bits per heavy atom. The van der Waals surface area contributed by atoms with Crippen molar-refractivity contribution in [1.29, 1.82) is 0 Å². The second-order valence-electron chi connectivity index (χ2n) is 10.1. The minimum atomic E-state index is -4.20. The molecule has 0 saturated carbocycles. The van der Waals surface area contributed by atoms with E-state index in [0.29, 0.717) is 36.4 Å². The average molecular weight is 598 g/mol. The van der Waals surface area contributed by atoms with E-state index in [9.17, 15) is 22.4 Å². The topological polar surface area (TPSA) is 96.0 Å². The van der Waals surface area contributed by atoms with Gasteiger partial charge in [-0.05, 0) is 87.7 Å². The second kappa shape index (κ2) is 14.8. The molecule has 0 bridgehead atoms. The first-order valence-corrected chi connectivity index (χ1v) is 15.6. The van der Waals surface area contributed by atoms with Crippen LogP contribution in [0.1, 0.15) is 51.7 Å². The highest BCUT2D eigenvalue weighted by Gasteiger charge is 2.34. The van der Waals surface area contributed by atoms with Crippen LogP contribution in [-0.2, 0) is 26.2 Å². The van der Waals surface area contributed by atoms with Gasteiger partial charge in [0.1, 0.15) is 24.2 Å². The van der Waals surface area contributed by atoms with Crippen molar-refractivity contribution in [2.24, 2.45) is 0 Å². The number of hydrogen-bond donors (Lipinski definition) is 1. The number of sulfonamides is 1. The summed E-state index contributed by atoms with van der Waals surface area (Å²) < 4.78 is 48.1. The third kappa shape index (κ3) is 8.31. The molecule has 8 nitrogen and oxygen atoms in total. The Bertz CT molecular complexity index is 1430. The highest BCUT2D eigenvalue weighted by Crippen LogP contribution is 2.26. The summed E-state index contributed by atoms with van der Waals surface area (Å²) in [6.45, 7) is 9.21. The molecule has 2 amide bonds. The lowest BCUT2D eigenvalue weighted by atomic mass is 10.1. The Morgan fingerprint density at radius 1 is 0.905 bits per heavy atom. The van der Waals surface area contributed by atoms with Gasteiger partial charge in [0, 0.05) is 12.6 Å². The lowest BCUT2D eigenvalue weighted by molar-refractivity contribution is -0.140. The van der Waals surface area contributed by atoms with E-state index in [2.05, 4.69) is 5.32 Å². The van der Waals surface area contributed by atoms with E-state index in [1.165, 1.54) is 29.2 Å². The Morgan fingerprint density at radius 3 is 2.07 bits per heavy atom. The highest BCUT2D eigenvalue weighted by atomic mass is 32.2. The molecule has 0 unspecified atom stereocenters. The van der Waals surface area contributed by atoms with Crippen molar-refractivity contribution in [3.8, 4) is 5.75 Å². The number of anilines is 1. The summed E-state index contributed by atoms with van der Waals surface area (Å²) in [5.74, 6) is -0.803. The van der Waals surface area contributed by atoms with Crippen molar-refractivity contribution >= 4 is 27.5 Å². The van der Waals surface area contributed by atoms with Gasteiger partial charge in [-0.25, -0.2) is 12.8 Å². The molecule has 0 fully saturated rings. The van der Waals surface area contributed by atoms with Crippen molar-refractivity contribution < 1.29 is 27.1 Å². The van der Waals surface area contributed by atoms with Crippen molar-refractivity contribution in [2.75, 3.05) is 17.5 Å². The third-order valence-electron chi connectivity index (χ3n) is 6.98. The zero-order chi connectivity index (χ0) is 30.9. The van der Waals surface area contributed by atoms with Crippen molar-refractivity contribution in [3.05, 3.63) is 89.7 Å². The molecule has 0 saturated heterocycles. The van der Waals surface area contributed by atoms with E-state index in [1.54, 1.807) is 55.5 Å². The maximum Gasteiger partial charge on any atom is 0.264 e. The fourth-order valence-corrected chi connectivity index (χ4v) is 5.80. The van der Waals surface area contributed by atoms with E-state index >= 15 is 0 Å². The van der Waals surface area contributed by atoms with Gasteiger partial charge in [0.25, 0.3) is 10.0 Å². The fourth-order valence-electron chi connectivity index (χ4n) is 4.39. The minimum absolute atomic E-state index is 0.00359. The Kier molecular flexibility index (Phi) is 11.5. The Balaban J connectivity index is 2.04. The second-order valence-corrected chi connectivity index (χ2v) is 12.0. The first kappa shape index (κ1) is 32.6. The molecule has 226 valence electrons. The van der Waals surface area contributed by atoms with Crippen LogP contribution in [0.4, 0.5) is 10.1 Å². The lowest BCUT2D eigenvalue weighted by Crippen LogP contribution is -2.53. The van der Waals surface area contributed by atoms with Crippen LogP contribution in [-0.4, -0.2) is 50.4 Å². The van der Waals surface area contributed by atoms with E-state index in [-0.39, 0.29) is 23.4 Å². The molecule has 10 heteroatoms. The van der Waals surface area contributed by atoms with Crippen molar-refractivity contribution in [3.63, 3.8) is 0 Å². The van der Waals surface area contributed by atoms with Gasteiger partial charge in [-0.3, -0.25) is 13.9 Å². The molecule has 0 heterocycles. The standard InChI is InChI=1S/C32H40FN3O5S/c1-6-24(5)34-32(38)30(7-2)35(21-25-11-13-26(33)14-12-25)31(37)22-36(27-15-9-23(4)10-16-27)42(39,40)29-19-17-28(18-20-29)41-8-3/h9-20,24,30H,6-8,21-22H2,1-5H3,(H,34,38)/t24-,30-/m1/s1. The molecule has 42 heavy (non-hydrogen) atoms. The summed E-state index contributed by atoms with van der Waals surface area (Å²) in [4.78, 5) is 28.8. The number of carbonyl (C=O) groups excluding carboxylic acids is 2. The molecule has 0 aliphatic heterocycles. The number of hydrogen-bond acceptors (Lipinski definition) is 5. The quantitative estimate of drug-likeness (QED) is 0.267. The predicted octanol–water partition coefficient (Wildman–Crippen LogP) is 5.45. The van der Waals surface area contributed by atoms with Crippen LogP contribution < -0.4 is 14.4 Å². The smallest absolute Gasteiger partial charge is 0.264 e. The summed E-state index contributed by atoms with van der Waals surface area (Å²) in [6, 6.07) is 17.5. The van der Waals surface area contributed by atoms with E-state index in [4.69, 9.17) is 4.74 Å². The van der Waals surface area contributed by atoms with Gasteiger partial charge >= 0.3 is 0 Å². The first-order valence-electron chi connectivity index (χ1n) is 14.2. The number of nitrogens with zero attached hydrogens (tertiary/aromatic N) is 2. The van der Waals surface area contributed by atoms with E-state index < -0.39 is 34.3 Å². The number of ether oxygens (including phenoxy) is 1. The van der Waals surface area contributed by atoms with Crippen LogP contribution in [0, 0.1) is 12.7 Å². The monoisotopic (exact) mass is 597 g/mol. The van der Waals surface area contributed by atoms with Gasteiger partial charge in [-0.1, -0.05) is 43.7 Å². The predicted molar refractivity (Wildman–Crippen MR) is 162 cm³/mol. The van der Waals surface area contributed by atoms with Gasteiger partial charge in [0.15, 0.2) is 0 Å². The maximum atomic E-state index is 14.1. The van der Waals surface area contributed by atoms with E-state index in [0.717, 1.165) is 9.87 Å². The molecule has 3 aromatic carbocycles. The van der Waals surface area contributed by atoms with Crippen LogP contribution in [0.3, 0.4) is 0 Å². The van der Waals surface area contributed by atoms with Crippen LogP contribution >= 0.6 is 0 Å². The normalized spacial score (nSPS) is 12.7. The highest BCUT2D eigenvalue weighted by molar-refractivity contribution is 7.92. The van der Waals surface area contributed by atoms with Crippen molar-refractivity contribution in [1.82, 2.24) is 10.2 Å². The van der Waals surface area contributed by atoms with Crippen LogP contribution in [0.5, 0.6) is 5.75 Å². The van der Waals surface area contributed by atoms with Gasteiger partial charge in [0.2, 0.25) is 11.8 Å².